The summed E-state index contributed by atoms with van der Waals surface area (Å²) >= 11 is 0. The van der Waals surface area contributed by atoms with Crippen LogP contribution in [-0.2, 0) is 0 Å². The number of aromatic amines is 1. The number of fused-ring (bicyclic) bond motifs is 1. The first-order valence-corrected chi connectivity index (χ1v) is 7.15. The molecule has 3 rings (SSSR count). The standard InChI is InChI=1S/C16H20N2O2/c1-10-7-14-13(11(2)9-18-16(14)19)8-15(10)20-12-3-5-17-6-4-12/h7-9,12,17H,3-6H2,1-2H3,(H,18,19). The number of hydrogen-bond acceptors (Lipinski definition) is 3. The van der Waals surface area contributed by atoms with Crippen molar-refractivity contribution in [1.29, 1.82) is 0 Å². The number of ether oxygens (including phenoxy) is 1. The summed E-state index contributed by atoms with van der Waals surface area (Å²) in [5.41, 5.74) is 2.05. The molecular formula is C16H20N2O2. The monoisotopic (exact) mass is 272 g/mol. The molecule has 1 aliphatic rings. The van der Waals surface area contributed by atoms with Gasteiger partial charge in [-0.1, -0.05) is 0 Å². The zero-order valence-electron chi connectivity index (χ0n) is 12.0. The maximum absolute atomic E-state index is 11.9. The maximum Gasteiger partial charge on any atom is 0.255 e. The Morgan fingerprint density at radius 3 is 2.60 bits per heavy atom. The quantitative estimate of drug-likeness (QED) is 0.882. The summed E-state index contributed by atoms with van der Waals surface area (Å²) in [6, 6.07) is 3.94. The van der Waals surface area contributed by atoms with E-state index in [0.717, 1.165) is 53.6 Å². The topological polar surface area (TPSA) is 54.1 Å². The van der Waals surface area contributed by atoms with Gasteiger partial charge < -0.3 is 15.0 Å². The van der Waals surface area contributed by atoms with E-state index in [2.05, 4.69) is 10.3 Å². The third-order valence-corrected chi connectivity index (χ3v) is 3.98. The molecule has 1 aromatic carbocycles. The number of nitrogens with one attached hydrogen (secondary N) is 2. The van der Waals surface area contributed by atoms with Crippen LogP contribution in [0.3, 0.4) is 0 Å². The minimum atomic E-state index is -0.0397. The van der Waals surface area contributed by atoms with E-state index in [0.29, 0.717) is 0 Å². The molecule has 0 unspecified atom stereocenters. The van der Waals surface area contributed by atoms with E-state index < -0.39 is 0 Å². The molecule has 0 bridgehead atoms. The molecule has 0 aliphatic carbocycles. The van der Waals surface area contributed by atoms with Crippen molar-refractivity contribution in [2.75, 3.05) is 13.1 Å². The fraction of sp³-hybridized carbons (Fsp3) is 0.438. The molecule has 20 heavy (non-hydrogen) atoms. The maximum atomic E-state index is 11.9. The first kappa shape index (κ1) is 13.2. The van der Waals surface area contributed by atoms with Crippen LogP contribution in [0.5, 0.6) is 5.75 Å². The van der Waals surface area contributed by atoms with Crippen LogP contribution in [0.25, 0.3) is 10.8 Å². The van der Waals surface area contributed by atoms with Crippen LogP contribution in [0.15, 0.2) is 23.1 Å². The second-order valence-corrected chi connectivity index (χ2v) is 5.53. The first-order chi connectivity index (χ1) is 9.65. The predicted octanol–water partition coefficient (Wildman–Crippen LogP) is 2.28. The Morgan fingerprint density at radius 2 is 1.85 bits per heavy atom. The van der Waals surface area contributed by atoms with Crippen LogP contribution in [0.2, 0.25) is 0 Å². The number of aromatic nitrogens is 1. The lowest BCUT2D eigenvalue weighted by atomic mass is 10.0. The molecule has 4 nitrogen and oxygen atoms in total. The smallest absolute Gasteiger partial charge is 0.255 e. The number of H-pyrrole nitrogens is 1. The Kier molecular flexibility index (Phi) is 3.49. The zero-order valence-corrected chi connectivity index (χ0v) is 12.0. The van der Waals surface area contributed by atoms with Crippen LogP contribution in [0, 0.1) is 13.8 Å². The van der Waals surface area contributed by atoms with Crippen LogP contribution in [0.4, 0.5) is 0 Å². The summed E-state index contributed by atoms with van der Waals surface area (Å²) in [7, 11) is 0. The molecule has 0 amide bonds. The third kappa shape index (κ3) is 2.43. The van der Waals surface area contributed by atoms with Gasteiger partial charge in [0, 0.05) is 11.6 Å². The molecular weight excluding hydrogens is 252 g/mol. The molecule has 1 aromatic heterocycles. The number of aryl methyl sites for hydroxylation is 2. The molecule has 1 fully saturated rings. The fourth-order valence-corrected chi connectivity index (χ4v) is 2.75. The van der Waals surface area contributed by atoms with Gasteiger partial charge in [0.1, 0.15) is 11.9 Å². The Morgan fingerprint density at radius 1 is 1.10 bits per heavy atom. The highest BCUT2D eigenvalue weighted by atomic mass is 16.5. The minimum absolute atomic E-state index is 0.0397. The molecule has 2 heterocycles. The number of rotatable bonds is 2. The van der Waals surface area contributed by atoms with Crippen molar-refractivity contribution in [3.8, 4) is 5.75 Å². The number of hydrogen-bond donors (Lipinski definition) is 2. The molecule has 0 spiro atoms. The van der Waals surface area contributed by atoms with Gasteiger partial charge in [0.05, 0.1) is 0 Å². The molecule has 0 atom stereocenters. The molecule has 2 aromatic rings. The van der Waals surface area contributed by atoms with Crippen molar-refractivity contribution < 1.29 is 4.74 Å². The van der Waals surface area contributed by atoms with E-state index >= 15 is 0 Å². The van der Waals surface area contributed by atoms with Gasteiger partial charge in [0.25, 0.3) is 5.56 Å². The molecule has 2 N–H and O–H groups in total. The largest absolute Gasteiger partial charge is 0.490 e. The van der Waals surface area contributed by atoms with Gasteiger partial charge in [-0.2, -0.15) is 0 Å². The number of pyridine rings is 1. The van der Waals surface area contributed by atoms with E-state index in [1.807, 2.05) is 26.0 Å². The normalized spacial score (nSPS) is 16.5. The average molecular weight is 272 g/mol. The van der Waals surface area contributed by atoms with E-state index in [-0.39, 0.29) is 11.7 Å². The van der Waals surface area contributed by atoms with Gasteiger partial charge in [-0.25, -0.2) is 0 Å². The van der Waals surface area contributed by atoms with E-state index in [1.165, 1.54) is 0 Å². The van der Waals surface area contributed by atoms with E-state index in [9.17, 15) is 4.79 Å². The lowest BCUT2D eigenvalue weighted by molar-refractivity contribution is 0.161. The predicted molar refractivity (Wildman–Crippen MR) is 80.6 cm³/mol. The summed E-state index contributed by atoms with van der Waals surface area (Å²) in [6.07, 6.45) is 4.10. The number of benzene rings is 1. The van der Waals surface area contributed by atoms with Crippen LogP contribution in [-0.4, -0.2) is 24.2 Å². The summed E-state index contributed by atoms with van der Waals surface area (Å²) in [6.45, 7) is 6.02. The molecule has 0 saturated carbocycles. The Bertz CT molecular complexity index is 685. The van der Waals surface area contributed by atoms with Gasteiger partial charge in [0.2, 0.25) is 0 Å². The van der Waals surface area contributed by atoms with E-state index in [4.69, 9.17) is 4.74 Å². The summed E-state index contributed by atoms with van der Waals surface area (Å²) in [5.74, 6) is 0.901. The molecule has 0 radical (unpaired) electrons. The van der Waals surface area contributed by atoms with Crippen molar-refractivity contribution in [3.05, 3.63) is 39.8 Å². The van der Waals surface area contributed by atoms with Gasteiger partial charge in [0.15, 0.2) is 0 Å². The highest BCUT2D eigenvalue weighted by Crippen LogP contribution is 2.27. The summed E-state index contributed by atoms with van der Waals surface area (Å²) < 4.78 is 6.14. The lowest BCUT2D eigenvalue weighted by Gasteiger charge is -2.25. The van der Waals surface area contributed by atoms with Crippen LogP contribution < -0.4 is 15.6 Å². The van der Waals surface area contributed by atoms with Crippen LogP contribution >= 0.6 is 0 Å². The van der Waals surface area contributed by atoms with Gasteiger partial charge in [-0.15, -0.1) is 0 Å². The second-order valence-electron chi connectivity index (χ2n) is 5.53. The summed E-state index contributed by atoms with van der Waals surface area (Å²) in [5, 5.41) is 5.05. The highest BCUT2D eigenvalue weighted by Gasteiger charge is 2.16. The molecule has 1 aliphatic heterocycles. The van der Waals surface area contributed by atoms with Gasteiger partial charge in [-0.05, 0) is 68.4 Å². The van der Waals surface area contributed by atoms with Crippen molar-refractivity contribution in [2.24, 2.45) is 0 Å². The minimum Gasteiger partial charge on any atom is -0.490 e. The van der Waals surface area contributed by atoms with Gasteiger partial charge >= 0.3 is 0 Å². The first-order valence-electron chi connectivity index (χ1n) is 7.15. The average Bonchev–Trinajstić information content (AvgIpc) is 2.46. The third-order valence-electron chi connectivity index (χ3n) is 3.98. The highest BCUT2D eigenvalue weighted by molar-refractivity contribution is 5.86. The van der Waals surface area contributed by atoms with Crippen molar-refractivity contribution in [1.82, 2.24) is 10.3 Å². The molecule has 106 valence electrons. The van der Waals surface area contributed by atoms with E-state index in [1.54, 1.807) is 6.20 Å². The summed E-state index contributed by atoms with van der Waals surface area (Å²) in [4.78, 5) is 14.6. The van der Waals surface area contributed by atoms with Crippen molar-refractivity contribution in [2.45, 2.75) is 32.8 Å². The Balaban J connectivity index is 2.01. The molecule has 1 saturated heterocycles. The molecule has 4 heteroatoms. The van der Waals surface area contributed by atoms with Crippen LogP contribution in [0.1, 0.15) is 24.0 Å². The second kappa shape index (κ2) is 5.29. The fourth-order valence-electron chi connectivity index (χ4n) is 2.75. The zero-order chi connectivity index (χ0) is 14.1. The van der Waals surface area contributed by atoms with Crippen molar-refractivity contribution in [3.63, 3.8) is 0 Å². The lowest BCUT2D eigenvalue weighted by Crippen LogP contribution is -2.34. The van der Waals surface area contributed by atoms with Crippen molar-refractivity contribution >= 4 is 10.8 Å². The van der Waals surface area contributed by atoms with Gasteiger partial charge in [-0.3, -0.25) is 4.79 Å². The Hall–Kier alpha value is -1.81. The SMILES string of the molecule is Cc1cc2c(=O)[nH]cc(C)c2cc1OC1CCNCC1. The number of piperidine rings is 1. The Labute approximate surface area is 118 Å².